The molecule has 0 fully saturated rings. The second-order valence-corrected chi connectivity index (χ2v) is 3.66. The summed E-state index contributed by atoms with van der Waals surface area (Å²) in [5.74, 6) is -2.36. The van der Waals surface area contributed by atoms with Crippen LogP contribution in [-0.4, -0.2) is 23.3 Å². The Kier molecular flexibility index (Phi) is 4.73. The lowest BCUT2D eigenvalue weighted by molar-refractivity contribution is -0.274. The molecule has 108 valence electrons. The van der Waals surface area contributed by atoms with Gasteiger partial charge in [-0.15, -0.1) is 13.2 Å². The SMILES string of the molecule is CC(=O)N/C(=C\c1ccc(OC(F)(F)F)cc1)C(=O)O. The Labute approximate surface area is 111 Å². The summed E-state index contributed by atoms with van der Waals surface area (Å²) in [6, 6.07) is 4.52. The summed E-state index contributed by atoms with van der Waals surface area (Å²) >= 11 is 0. The molecule has 0 unspecified atom stereocenters. The van der Waals surface area contributed by atoms with Crippen LogP contribution in [0.25, 0.3) is 6.08 Å². The first kappa shape index (κ1) is 15.5. The van der Waals surface area contributed by atoms with Crippen molar-refractivity contribution in [2.24, 2.45) is 0 Å². The zero-order valence-corrected chi connectivity index (χ0v) is 10.2. The largest absolute Gasteiger partial charge is 0.573 e. The molecule has 0 saturated carbocycles. The fourth-order valence-electron chi connectivity index (χ4n) is 1.27. The molecule has 1 aromatic carbocycles. The number of carbonyl (C=O) groups excluding carboxylic acids is 1. The van der Waals surface area contributed by atoms with Crippen LogP contribution < -0.4 is 10.1 Å². The van der Waals surface area contributed by atoms with E-state index in [0.717, 1.165) is 25.1 Å². The number of carboxylic acid groups (broad SMARTS) is 1. The van der Waals surface area contributed by atoms with Crippen LogP contribution in [0.3, 0.4) is 0 Å². The second-order valence-electron chi connectivity index (χ2n) is 3.66. The molecule has 8 heteroatoms. The summed E-state index contributed by atoms with van der Waals surface area (Å²) in [4.78, 5) is 21.6. The fraction of sp³-hybridized carbons (Fsp3) is 0.167. The monoisotopic (exact) mass is 289 g/mol. The third-order valence-corrected chi connectivity index (χ3v) is 1.97. The van der Waals surface area contributed by atoms with E-state index in [1.54, 1.807) is 0 Å². The highest BCUT2D eigenvalue weighted by Crippen LogP contribution is 2.23. The van der Waals surface area contributed by atoms with Crippen molar-refractivity contribution in [3.63, 3.8) is 0 Å². The van der Waals surface area contributed by atoms with Crippen molar-refractivity contribution in [3.8, 4) is 5.75 Å². The van der Waals surface area contributed by atoms with E-state index in [4.69, 9.17) is 5.11 Å². The predicted octanol–water partition coefficient (Wildman–Crippen LogP) is 2.15. The highest BCUT2D eigenvalue weighted by atomic mass is 19.4. The standard InChI is InChI=1S/C12H10F3NO4/c1-7(17)16-10(11(18)19)6-8-2-4-9(5-3-8)20-12(13,14)15/h2-6H,1H3,(H,16,17)(H,18,19)/b10-6-. The van der Waals surface area contributed by atoms with Gasteiger partial charge in [-0.05, 0) is 23.8 Å². The average molecular weight is 289 g/mol. The van der Waals surface area contributed by atoms with Crippen molar-refractivity contribution in [3.05, 3.63) is 35.5 Å². The van der Waals surface area contributed by atoms with E-state index in [-0.39, 0.29) is 5.70 Å². The van der Waals surface area contributed by atoms with Gasteiger partial charge in [0.1, 0.15) is 11.4 Å². The molecule has 0 radical (unpaired) electrons. The van der Waals surface area contributed by atoms with Crippen molar-refractivity contribution in [2.75, 3.05) is 0 Å². The van der Waals surface area contributed by atoms with E-state index in [9.17, 15) is 22.8 Å². The maximum Gasteiger partial charge on any atom is 0.573 e. The molecule has 0 bridgehead atoms. The molecule has 0 aromatic heterocycles. The van der Waals surface area contributed by atoms with Gasteiger partial charge >= 0.3 is 12.3 Å². The molecule has 0 aliphatic carbocycles. The molecule has 0 heterocycles. The number of hydrogen-bond donors (Lipinski definition) is 2. The number of halogens is 3. The molecule has 0 spiro atoms. The summed E-state index contributed by atoms with van der Waals surface area (Å²) in [5, 5.41) is 10.9. The number of alkyl halides is 3. The fourth-order valence-corrected chi connectivity index (χ4v) is 1.27. The van der Waals surface area contributed by atoms with Crippen LogP contribution in [0.5, 0.6) is 5.75 Å². The Balaban J connectivity index is 2.91. The predicted molar refractivity (Wildman–Crippen MR) is 62.6 cm³/mol. The molecule has 1 rings (SSSR count). The third-order valence-electron chi connectivity index (χ3n) is 1.97. The lowest BCUT2D eigenvalue weighted by Crippen LogP contribution is -2.24. The van der Waals surface area contributed by atoms with Crippen LogP contribution in [0.15, 0.2) is 30.0 Å². The third kappa shape index (κ3) is 5.42. The average Bonchev–Trinajstić information content (AvgIpc) is 2.28. The van der Waals surface area contributed by atoms with Gasteiger partial charge in [0.05, 0.1) is 0 Å². The molecule has 0 atom stereocenters. The van der Waals surface area contributed by atoms with Gasteiger partial charge < -0.3 is 15.2 Å². The van der Waals surface area contributed by atoms with E-state index >= 15 is 0 Å². The molecular formula is C12H10F3NO4. The lowest BCUT2D eigenvalue weighted by Gasteiger charge is -2.08. The number of hydrogen-bond acceptors (Lipinski definition) is 3. The number of rotatable bonds is 4. The van der Waals surface area contributed by atoms with E-state index in [2.05, 4.69) is 10.1 Å². The van der Waals surface area contributed by atoms with Crippen molar-refractivity contribution in [1.29, 1.82) is 0 Å². The zero-order valence-electron chi connectivity index (χ0n) is 10.2. The Morgan fingerprint density at radius 2 is 1.80 bits per heavy atom. The Morgan fingerprint density at radius 3 is 2.20 bits per heavy atom. The summed E-state index contributed by atoms with van der Waals surface area (Å²) < 4.78 is 39.5. The molecule has 20 heavy (non-hydrogen) atoms. The molecule has 1 amide bonds. The number of ether oxygens (including phenoxy) is 1. The van der Waals surface area contributed by atoms with Crippen molar-refractivity contribution < 1.29 is 32.6 Å². The van der Waals surface area contributed by atoms with Gasteiger partial charge in [0.2, 0.25) is 5.91 Å². The Hall–Kier alpha value is -2.51. The Morgan fingerprint density at radius 1 is 1.25 bits per heavy atom. The van der Waals surface area contributed by atoms with E-state index in [1.807, 2.05) is 0 Å². The van der Waals surface area contributed by atoms with Crippen LogP contribution in [0, 0.1) is 0 Å². The maximum atomic E-state index is 11.9. The summed E-state index contributed by atoms with van der Waals surface area (Å²) in [7, 11) is 0. The number of aliphatic carboxylic acids is 1. The molecule has 5 nitrogen and oxygen atoms in total. The molecule has 0 saturated heterocycles. The van der Waals surface area contributed by atoms with E-state index in [1.165, 1.54) is 12.1 Å². The van der Waals surface area contributed by atoms with Crippen LogP contribution in [0.4, 0.5) is 13.2 Å². The first-order valence-corrected chi connectivity index (χ1v) is 5.26. The summed E-state index contributed by atoms with van der Waals surface area (Å²) in [5.41, 5.74) is -0.0901. The topological polar surface area (TPSA) is 75.6 Å². The summed E-state index contributed by atoms with van der Waals surface area (Å²) in [6.07, 6.45) is -3.68. The van der Waals surface area contributed by atoms with E-state index < -0.39 is 24.0 Å². The minimum absolute atomic E-state index is 0.297. The minimum Gasteiger partial charge on any atom is -0.477 e. The summed E-state index contributed by atoms with van der Waals surface area (Å²) in [6.45, 7) is 1.14. The molecule has 0 aliphatic rings. The quantitative estimate of drug-likeness (QED) is 0.833. The molecule has 0 aliphatic heterocycles. The normalized spacial score (nSPS) is 11.9. The highest BCUT2D eigenvalue weighted by Gasteiger charge is 2.30. The first-order valence-electron chi connectivity index (χ1n) is 5.26. The van der Waals surface area contributed by atoms with Crippen LogP contribution in [-0.2, 0) is 9.59 Å². The minimum atomic E-state index is -4.79. The number of nitrogens with one attached hydrogen (secondary N) is 1. The second kappa shape index (κ2) is 6.09. The molecular weight excluding hydrogens is 279 g/mol. The zero-order chi connectivity index (χ0) is 15.3. The van der Waals surface area contributed by atoms with Gasteiger partial charge in [-0.2, -0.15) is 0 Å². The maximum absolute atomic E-state index is 11.9. The number of benzene rings is 1. The van der Waals surface area contributed by atoms with E-state index in [0.29, 0.717) is 5.56 Å². The van der Waals surface area contributed by atoms with Gasteiger partial charge in [0, 0.05) is 6.92 Å². The highest BCUT2D eigenvalue weighted by molar-refractivity contribution is 5.96. The molecule has 2 N–H and O–H groups in total. The van der Waals surface area contributed by atoms with Gasteiger partial charge in [0.15, 0.2) is 0 Å². The van der Waals surface area contributed by atoms with Crippen LogP contribution >= 0.6 is 0 Å². The van der Waals surface area contributed by atoms with Crippen molar-refractivity contribution >= 4 is 18.0 Å². The number of amides is 1. The van der Waals surface area contributed by atoms with Crippen LogP contribution in [0.1, 0.15) is 12.5 Å². The van der Waals surface area contributed by atoms with Crippen molar-refractivity contribution in [1.82, 2.24) is 5.32 Å². The van der Waals surface area contributed by atoms with Gasteiger partial charge in [-0.25, -0.2) is 4.79 Å². The van der Waals surface area contributed by atoms with Gasteiger partial charge in [0.25, 0.3) is 0 Å². The molecule has 1 aromatic rings. The van der Waals surface area contributed by atoms with Gasteiger partial charge in [-0.1, -0.05) is 12.1 Å². The van der Waals surface area contributed by atoms with Crippen molar-refractivity contribution in [2.45, 2.75) is 13.3 Å². The van der Waals surface area contributed by atoms with Crippen LogP contribution in [0.2, 0.25) is 0 Å². The Bertz CT molecular complexity index is 535. The number of carbonyl (C=O) groups is 2. The smallest absolute Gasteiger partial charge is 0.477 e. The number of carboxylic acids is 1. The lowest BCUT2D eigenvalue weighted by atomic mass is 10.2. The van der Waals surface area contributed by atoms with Gasteiger partial charge in [-0.3, -0.25) is 4.79 Å². The first-order chi connectivity index (χ1) is 9.17.